The molecule has 0 bridgehead atoms. The van der Waals surface area contributed by atoms with Crippen molar-refractivity contribution >= 4 is 5.97 Å². The first-order valence-electron chi connectivity index (χ1n) is 6.77. The maximum Gasteiger partial charge on any atom is 0.333 e. The lowest BCUT2D eigenvalue weighted by atomic mass is 10.3. The van der Waals surface area contributed by atoms with Gasteiger partial charge in [-0.1, -0.05) is 6.58 Å². The van der Waals surface area contributed by atoms with E-state index in [0.29, 0.717) is 32.0 Å². The Labute approximate surface area is 121 Å². The van der Waals surface area contributed by atoms with Gasteiger partial charge in [0.25, 0.3) is 0 Å². The monoisotopic (exact) mass is 289 g/mol. The fourth-order valence-electron chi connectivity index (χ4n) is 1.30. The van der Waals surface area contributed by atoms with Gasteiger partial charge in [0, 0.05) is 19.3 Å². The Kier molecular flexibility index (Phi) is 12.4. The highest BCUT2D eigenvalue weighted by molar-refractivity contribution is 5.86. The van der Waals surface area contributed by atoms with Gasteiger partial charge in [0.1, 0.15) is 12.7 Å². The van der Waals surface area contributed by atoms with Gasteiger partial charge in [0.2, 0.25) is 0 Å². The van der Waals surface area contributed by atoms with Crippen LogP contribution in [0.15, 0.2) is 12.2 Å². The van der Waals surface area contributed by atoms with Crippen LogP contribution in [-0.2, 0) is 23.7 Å². The van der Waals surface area contributed by atoms with E-state index in [-0.39, 0.29) is 12.7 Å². The lowest BCUT2D eigenvalue weighted by Gasteiger charge is -2.18. The molecule has 1 unspecified atom stereocenters. The van der Waals surface area contributed by atoms with Crippen LogP contribution in [0, 0.1) is 0 Å². The molecule has 0 aromatic heterocycles. The molecule has 0 rings (SSSR count). The molecule has 0 aliphatic rings. The number of hydrogen-bond donors (Lipinski definition) is 1. The summed E-state index contributed by atoms with van der Waals surface area (Å²) in [6, 6.07) is 0. The lowest BCUT2D eigenvalue weighted by molar-refractivity contribution is -0.145. The van der Waals surface area contributed by atoms with E-state index in [2.05, 4.69) is 11.9 Å². The summed E-state index contributed by atoms with van der Waals surface area (Å²) in [5.41, 5.74) is 0.371. The second-order valence-corrected chi connectivity index (χ2v) is 4.40. The second-order valence-electron chi connectivity index (χ2n) is 4.40. The second kappa shape index (κ2) is 13.1. The van der Waals surface area contributed by atoms with Crippen molar-refractivity contribution in [2.24, 2.45) is 0 Å². The summed E-state index contributed by atoms with van der Waals surface area (Å²) in [5.74, 6) is -0.416. The Bertz CT molecular complexity index is 270. The van der Waals surface area contributed by atoms with Gasteiger partial charge in [-0.25, -0.2) is 4.79 Å². The molecule has 6 nitrogen and oxygen atoms in total. The van der Waals surface area contributed by atoms with Gasteiger partial charge >= 0.3 is 5.97 Å². The lowest BCUT2D eigenvalue weighted by Crippen LogP contribution is -2.29. The first kappa shape index (κ1) is 19.1. The Morgan fingerprint density at radius 2 is 2.00 bits per heavy atom. The molecule has 0 heterocycles. The van der Waals surface area contributed by atoms with E-state index in [1.165, 1.54) is 0 Å². The van der Waals surface area contributed by atoms with Crippen LogP contribution in [-0.4, -0.2) is 65.8 Å². The Morgan fingerprint density at radius 1 is 1.25 bits per heavy atom. The van der Waals surface area contributed by atoms with Gasteiger partial charge in [-0.2, -0.15) is 0 Å². The van der Waals surface area contributed by atoms with Crippen molar-refractivity contribution in [2.75, 3.05) is 53.7 Å². The summed E-state index contributed by atoms with van der Waals surface area (Å²) in [4.78, 5) is 11.3. The molecule has 118 valence electrons. The first-order chi connectivity index (χ1) is 9.61. The molecule has 6 heteroatoms. The van der Waals surface area contributed by atoms with Crippen molar-refractivity contribution in [3.63, 3.8) is 0 Å². The third-order valence-corrected chi connectivity index (χ3v) is 2.41. The van der Waals surface area contributed by atoms with E-state index in [0.717, 1.165) is 13.0 Å². The molecule has 0 saturated carbocycles. The van der Waals surface area contributed by atoms with Crippen molar-refractivity contribution in [2.45, 2.75) is 19.4 Å². The first-order valence-corrected chi connectivity index (χ1v) is 6.77. The average molecular weight is 289 g/mol. The number of rotatable bonds is 13. The maximum atomic E-state index is 11.3. The number of esters is 1. The summed E-state index contributed by atoms with van der Waals surface area (Å²) >= 11 is 0. The van der Waals surface area contributed by atoms with Gasteiger partial charge in [0.05, 0.1) is 19.8 Å². The molecule has 1 N–H and O–H groups in total. The number of carbonyl (C=O) groups excluding carboxylic acids is 1. The summed E-state index contributed by atoms with van der Waals surface area (Å²) < 4.78 is 21.0. The van der Waals surface area contributed by atoms with Crippen molar-refractivity contribution in [3.05, 3.63) is 12.2 Å². The Morgan fingerprint density at radius 3 is 2.60 bits per heavy atom. The zero-order chi connectivity index (χ0) is 15.2. The van der Waals surface area contributed by atoms with Crippen LogP contribution < -0.4 is 5.32 Å². The van der Waals surface area contributed by atoms with Crippen LogP contribution in [0.5, 0.6) is 0 Å². The molecule has 0 aromatic rings. The largest absolute Gasteiger partial charge is 0.459 e. The van der Waals surface area contributed by atoms with Crippen LogP contribution in [0.1, 0.15) is 13.3 Å². The van der Waals surface area contributed by atoms with E-state index in [1.54, 1.807) is 14.0 Å². The molecule has 1 atom stereocenters. The molecule has 0 aromatic carbocycles. The van der Waals surface area contributed by atoms with E-state index in [1.807, 2.05) is 7.05 Å². The minimum atomic E-state index is -0.416. The van der Waals surface area contributed by atoms with E-state index in [9.17, 15) is 4.79 Å². The third kappa shape index (κ3) is 10.9. The number of nitrogens with one attached hydrogen (secondary N) is 1. The quantitative estimate of drug-likeness (QED) is 0.307. The van der Waals surface area contributed by atoms with Crippen LogP contribution in [0.2, 0.25) is 0 Å². The van der Waals surface area contributed by atoms with Gasteiger partial charge < -0.3 is 24.3 Å². The number of carbonyl (C=O) groups is 1. The van der Waals surface area contributed by atoms with E-state index in [4.69, 9.17) is 18.9 Å². The smallest absolute Gasteiger partial charge is 0.333 e. The van der Waals surface area contributed by atoms with Crippen molar-refractivity contribution in [3.8, 4) is 0 Å². The standard InChI is InChI=1S/C14H27NO5/c1-12(2)14(16)20-11-13(19-9-8-17-4)10-18-7-5-6-15-3/h13,15H,1,5-11H2,2-4H3. The molecule has 0 saturated heterocycles. The van der Waals surface area contributed by atoms with Crippen molar-refractivity contribution < 1.29 is 23.7 Å². The fraction of sp³-hybridized carbons (Fsp3) is 0.786. The predicted octanol–water partition coefficient (Wildman–Crippen LogP) is 0.763. The van der Waals surface area contributed by atoms with Gasteiger partial charge in [-0.15, -0.1) is 0 Å². The van der Waals surface area contributed by atoms with Gasteiger partial charge in [0.15, 0.2) is 0 Å². The fourth-order valence-corrected chi connectivity index (χ4v) is 1.30. The predicted molar refractivity (Wildman–Crippen MR) is 76.8 cm³/mol. The third-order valence-electron chi connectivity index (χ3n) is 2.41. The number of hydrogen-bond acceptors (Lipinski definition) is 6. The number of methoxy groups -OCH3 is 1. The summed E-state index contributed by atoms with van der Waals surface area (Å²) in [5, 5.41) is 3.04. The molecule has 20 heavy (non-hydrogen) atoms. The van der Waals surface area contributed by atoms with E-state index >= 15 is 0 Å². The molecule has 0 amide bonds. The van der Waals surface area contributed by atoms with Crippen LogP contribution in [0.3, 0.4) is 0 Å². The highest BCUT2D eigenvalue weighted by atomic mass is 16.6. The van der Waals surface area contributed by atoms with Crippen molar-refractivity contribution in [1.29, 1.82) is 0 Å². The van der Waals surface area contributed by atoms with Gasteiger partial charge in [-0.05, 0) is 26.9 Å². The van der Waals surface area contributed by atoms with Crippen molar-refractivity contribution in [1.82, 2.24) is 5.32 Å². The van der Waals surface area contributed by atoms with Gasteiger partial charge in [-0.3, -0.25) is 0 Å². The van der Waals surface area contributed by atoms with Crippen LogP contribution in [0.25, 0.3) is 0 Å². The van der Waals surface area contributed by atoms with Crippen LogP contribution in [0.4, 0.5) is 0 Å². The number of ether oxygens (including phenoxy) is 4. The Hall–Kier alpha value is -0.950. The molecule has 0 aliphatic heterocycles. The Balaban J connectivity index is 3.93. The topological polar surface area (TPSA) is 66.0 Å². The highest BCUT2D eigenvalue weighted by Gasteiger charge is 2.13. The molecular weight excluding hydrogens is 262 g/mol. The summed E-state index contributed by atoms with van der Waals surface area (Å²) in [7, 11) is 3.50. The molecular formula is C14H27NO5. The minimum Gasteiger partial charge on any atom is -0.459 e. The molecule has 0 spiro atoms. The zero-order valence-electron chi connectivity index (χ0n) is 12.8. The molecule has 0 aliphatic carbocycles. The minimum absolute atomic E-state index is 0.154. The molecule has 0 fully saturated rings. The van der Waals surface area contributed by atoms with E-state index < -0.39 is 5.97 Å². The maximum absolute atomic E-state index is 11.3. The highest BCUT2D eigenvalue weighted by Crippen LogP contribution is 2.00. The molecule has 0 radical (unpaired) electrons. The SMILES string of the molecule is C=C(C)C(=O)OCC(COCCCNC)OCCOC. The zero-order valence-corrected chi connectivity index (χ0v) is 12.8. The van der Waals surface area contributed by atoms with Crippen LogP contribution >= 0.6 is 0 Å². The summed E-state index contributed by atoms with van der Waals surface area (Å²) in [6.45, 7) is 8.15. The normalized spacial score (nSPS) is 12.2. The summed E-state index contributed by atoms with van der Waals surface area (Å²) in [6.07, 6.45) is 0.635. The average Bonchev–Trinajstić information content (AvgIpc) is 2.43.